The molecular weight excluding hydrogens is 320 g/mol. The number of hydrogen-bond donors (Lipinski definition) is 3. The predicted molar refractivity (Wildman–Crippen MR) is 82.9 cm³/mol. The second kappa shape index (κ2) is 4.86. The van der Waals surface area contributed by atoms with E-state index in [4.69, 9.17) is 5.14 Å². The summed E-state index contributed by atoms with van der Waals surface area (Å²) in [5.41, 5.74) is 0.871. The molecule has 0 bridgehead atoms. The molecule has 1 aromatic rings. The van der Waals surface area contributed by atoms with Crippen LogP contribution in [-0.4, -0.2) is 43.4 Å². The standard InChI is InChI=1S/C13H18N6O3S/c14-23(21,22)18-9-6-13(9)1-3-19(4-2-13)12-8-5-10(20)17-11(8)15-7-16-12/h7,9,18H,1-6H2,(H2,14,21,22)(H,15,16,17,20). The van der Waals surface area contributed by atoms with Crippen LogP contribution in [0.15, 0.2) is 6.33 Å². The summed E-state index contributed by atoms with van der Waals surface area (Å²) in [6, 6.07) is -0.0565. The quantitative estimate of drug-likeness (QED) is 0.656. The number of anilines is 2. The van der Waals surface area contributed by atoms with Crippen LogP contribution in [-0.2, 0) is 21.4 Å². The first kappa shape index (κ1) is 14.8. The number of rotatable bonds is 3. The van der Waals surface area contributed by atoms with Gasteiger partial charge in [-0.2, -0.15) is 13.1 Å². The third-order valence-electron chi connectivity index (χ3n) is 5.07. The van der Waals surface area contributed by atoms with Crippen LogP contribution in [0.2, 0.25) is 0 Å². The van der Waals surface area contributed by atoms with E-state index in [1.54, 1.807) is 0 Å². The molecule has 1 atom stereocenters. The van der Waals surface area contributed by atoms with Crippen molar-refractivity contribution in [1.82, 2.24) is 14.7 Å². The normalized spacial score (nSPS) is 25.3. The molecule has 1 spiro atoms. The van der Waals surface area contributed by atoms with E-state index in [1.807, 2.05) is 0 Å². The Bertz CT molecular complexity index is 772. The van der Waals surface area contributed by atoms with Crippen molar-refractivity contribution < 1.29 is 13.2 Å². The highest BCUT2D eigenvalue weighted by atomic mass is 32.2. The lowest BCUT2D eigenvalue weighted by molar-refractivity contribution is -0.115. The van der Waals surface area contributed by atoms with Gasteiger partial charge in [0.2, 0.25) is 5.91 Å². The van der Waals surface area contributed by atoms with Crippen molar-refractivity contribution in [3.05, 3.63) is 11.9 Å². The number of fused-ring (bicyclic) bond motifs is 1. The molecular formula is C13H18N6O3S. The number of piperidine rings is 1. The Morgan fingerprint density at radius 1 is 1.35 bits per heavy atom. The van der Waals surface area contributed by atoms with Crippen LogP contribution < -0.4 is 20.1 Å². The van der Waals surface area contributed by atoms with Crippen molar-refractivity contribution in [2.45, 2.75) is 31.7 Å². The highest BCUT2D eigenvalue weighted by Gasteiger charge is 2.56. The van der Waals surface area contributed by atoms with Gasteiger partial charge in [-0.05, 0) is 24.7 Å². The molecule has 4 N–H and O–H groups in total. The number of aromatic nitrogens is 2. The topological polar surface area (TPSA) is 130 Å². The molecule has 10 heteroatoms. The van der Waals surface area contributed by atoms with Gasteiger partial charge in [0.1, 0.15) is 18.0 Å². The molecule has 2 fully saturated rings. The SMILES string of the molecule is NS(=O)(=O)NC1CC12CCN(c1ncnc3c1CC(=O)N3)CC2. The number of nitrogens with two attached hydrogens (primary N) is 1. The van der Waals surface area contributed by atoms with E-state index in [0.717, 1.165) is 43.7 Å². The molecule has 1 amide bonds. The molecule has 9 nitrogen and oxygen atoms in total. The Hall–Kier alpha value is -1.78. The van der Waals surface area contributed by atoms with Gasteiger partial charge >= 0.3 is 0 Å². The van der Waals surface area contributed by atoms with E-state index < -0.39 is 10.2 Å². The summed E-state index contributed by atoms with van der Waals surface area (Å²) in [4.78, 5) is 22.1. The average molecular weight is 338 g/mol. The van der Waals surface area contributed by atoms with Gasteiger partial charge in [0.15, 0.2) is 0 Å². The lowest BCUT2D eigenvalue weighted by Crippen LogP contribution is -2.41. The summed E-state index contributed by atoms with van der Waals surface area (Å²) in [5.74, 6) is 1.34. The van der Waals surface area contributed by atoms with Gasteiger partial charge in [0, 0.05) is 24.7 Å². The number of carbonyl (C=O) groups excluding carboxylic acids is 1. The number of nitrogens with zero attached hydrogens (tertiary/aromatic N) is 3. The zero-order valence-corrected chi connectivity index (χ0v) is 13.3. The predicted octanol–water partition coefficient (Wildman–Crippen LogP) is -0.877. The zero-order chi connectivity index (χ0) is 16.2. The second-order valence-corrected chi connectivity index (χ2v) is 7.84. The van der Waals surface area contributed by atoms with E-state index in [1.165, 1.54) is 6.33 Å². The lowest BCUT2D eigenvalue weighted by Gasteiger charge is -2.34. The summed E-state index contributed by atoms with van der Waals surface area (Å²) in [7, 11) is -3.65. The molecule has 3 aliphatic rings. The maximum atomic E-state index is 11.5. The van der Waals surface area contributed by atoms with Crippen molar-refractivity contribution in [2.24, 2.45) is 10.6 Å². The minimum atomic E-state index is -3.65. The highest BCUT2D eigenvalue weighted by Crippen LogP contribution is 2.54. The Morgan fingerprint density at radius 2 is 2.09 bits per heavy atom. The maximum Gasteiger partial charge on any atom is 0.274 e. The number of carbonyl (C=O) groups is 1. The van der Waals surface area contributed by atoms with E-state index >= 15 is 0 Å². The van der Waals surface area contributed by atoms with Gasteiger partial charge in [-0.3, -0.25) is 4.79 Å². The van der Waals surface area contributed by atoms with Crippen LogP contribution in [0.1, 0.15) is 24.8 Å². The molecule has 2 aliphatic heterocycles. The molecule has 4 rings (SSSR count). The van der Waals surface area contributed by atoms with Crippen molar-refractivity contribution in [3.63, 3.8) is 0 Å². The third kappa shape index (κ3) is 2.66. The average Bonchev–Trinajstić information content (AvgIpc) is 2.94. The molecule has 23 heavy (non-hydrogen) atoms. The Morgan fingerprint density at radius 3 is 2.78 bits per heavy atom. The minimum Gasteiger partial charge on any atom is -0.356 e. The first-order valence-corrected chi connectivity index (χ1v) is 9.10. The van der Waals surface area contributed by atoms with Gasteiger partial charge in [-0.25, -0.2) is 15.1 Å². The monoisotopic (exact) mass is 338 g/mol. The molecule has 1 unspecified atom stereocenters. The van der Waals surface area contributed by atoms with Gasteiger partial charge in [0.25, 0.3) is 10.2 Å². The van der Waals surface area contributed by atoms with Crippen LogP contribution in [0.3, 0.4) is 0 Å². The van der Waals surface area contributed by atoms with E-state index in [0.29, 0.717) is 12.2 Å². The van der Waals surface area contributed by atoms with Crippen LogP contribution >= 0.6 is 0 Å². The first-order valence-electron chi connectivity index (χ1n) is 7.55. The third-order valence-corrected chi connectivity index (χ3v) is 5.69. The van der Waals surface area contributed by atoms with Gasteiger partial charge in [-0.1, -0.05) is 0 Å². The summed E-state index contributed by atoms with van der Waals surface area (Å²) in [6.07, 6.45) is 4.36. The van der Waals surface area contributed by atoms with Gasteiger partial charge < -0.3 is 10.2 Å². The summed E-state index contributed by atoms with van der Waals surface area (Å²) in [6.45, 7) is 1.56. The van der Waals surface area contributed by atoms with Crippen molar-refractivity contribution in [3.8, 4) is 0 Å². The molecule has 1 aliphatic carbocycles. The lowest BCUT2D eigenvalue weighted by atomic mass is 9.92. The van der Waals surface area contributed by atoms with Crippen molar-refractivity contribution in [1.29, 1.82) is 0 Å². The van der Waals surface area contributed by atoms with Crippen molar-refractivity contribution >= 4 is 27.8 Å². The fourth-order valence-corrected chi connectivity index (χ4v) is 4.44. The van der Waals surface area contributed by atoms with Crippen LogP contribution in [0.25, 0.3) is 0 Å². The fourth-order valence-electron chi connectivity index (χ4n) is 3.71. The van der Waals surface area contributed by atoms with E-state index in [-0.39, 0.29) is 17.4 Å². The van der Waals surface area contributed by atoms with E-state index in [9.17, 15) is 13.2 Å². The Balaban J connectivity index is 1.46. The van der Waals surface area contributed by atoms with E-state index in [2.05, 4.69) is 24.9 Å². The second-order valence-electron chi connectivity index (χ2n) is 6.52. The smallest absolute Gasteiger partial charge is 0.274 e. The fraction of sp³-hybridized carbons (Fsp3) is 0.615. The highest BCUT2D eigenvalue weighted by molar-refractivity contribution is 7.87. The molecule has 3 heterocycles. The number of hydrogen-bond acceptors (Lipinski definition) is 6. The number of amides is 1. The molecule has 1 saturated heterocycles. The molecule has 0 radical (unpaired) electrons. The maximum absolute atomic E-state index is 11.5. The van der Waals surface area contributed by atoms with Crippen LogP contribution in [0.5, 0.6) is 0 Å². The summed E-state index contributed by atoms with van der Waals surface area (Å²) < 4.78 is 24.8. The number of nitrogens with one attached hydrogen (secondary N) is 2. The summed E-state index contributed by atoms with van der Waals surface area (Å²) in [5, 5.41) is 7.79. The molecule has 1 aromatic heterocycles. The van der Waals surface area contributed by atoms with Crippen LogP contribution in [0.4, 0.5) is 11.6 Å². The van der Waals surface area contributed by atoms with Crippen molar-refractivity contribution in [2.75, 3.05) is 23.3 Å². The van der Waals surface area contributed by atoms with Gasteiger partial charge in [0.05, 0.1) is 6.42 Å². The largest absolute Gasteiger partial charge is 0.356 e. The molecule has 124 valence electrons. The van der Waals surface area contributed by atoms with Crippen LogP contribution in [0, 0.1) is 5.41 Å². The molecule has 0 aromatic carbocycles. The minimum absolute atomic E-state index is 0.0210. The first-order chi connectivity index (χ1) is 10.9. The zero-order valence-electron chi connectivity index (χ0n) is 12.4. The Kier molecular flexibility index (Phi) is 3.12. The summed E-state index contributed by atoms with van der Waals surface area (Å²) >= 11 is 0. The van der Waals surface area contributed by atoms with Gasteiger partial charge in [-0.15, -0.1) is 0 Å². The molecule has 1 saturated carbocycles. The Labute approximate surface area is 133 Å².